The van der Waals surface area contributed by atoms with Crippen LogP contribution in [-0.2, 0) is 91.0 Å². The number of aromatic hydroxyl groups is 2. The van der Waals surface area contributed by atoms with Gasteiger partial charge in [0.25, 0.3) is 0 Å². The molecule has 2 atom stereocenters. The summed E-state index contributed by atoms with van der Waals surface area (Å²) in [5.74, 6) is -2.76. The van der Waals surface area contributed by atoms with Crippen LogP contribution in [0, 0.1) is 13.8 Å². The second-order valence-corrected chi connectivity index (χ2v) is 24.4. The van der Waals surface area contributed by atoms with Crippen LogP contribution in [0.3, 0.4) is 0 Å². The van der Waals surface area contributed by atoms with Gasteiger partial charge in [-0.05, 0) is 99.5 Å². The molecule has 22 heteroatoms. The minimum atomic E-state index is -4.52. The van der Waals surface area contributed by atoms with Gasteiger partial charge >= 0.3 is 40.7 Å². The predicted molar refractivity (Wildman–Crippen MR) is 275 cm³/mol. The van der Waals surface area contributed by atoms with E-state index in [2.05, 4.69) is 5.32 Å². The summed E-state index contributed by atoms with van der Waals surface area (Å²) in [5, 5.41) is 26.3. The van der Waals surface area contributed by atoms with Gasteiger partial charge in [-0.1, -0.05) is 62.6 Å². The molecule has 19 nitrogen and oxygen atoms in total. The van der Waals surface area contributed by atoms with Crippen LogP contribution in [0.1, 0.15) is 151 Å². The number of hydrogen-bond donors (Lipinski definition) is 8. The van der Waals surface area contributed by atoms with Crippen LogP contribution in [0.25, 0.3) is 0 Å². The molecule has 8 N–H and O–H groups in total. The molecule has 0 aliphatic carbocycles. The molecule has 6 rings (SSSR count). The van der Waals surface area contributed by atoms with Crippen LogP contribution in [0.2, 0.25) is 0 Å². The SMILES string of the molecule is CC/C(=C\Cc1c(OCc2c(CC)c(C/C=C(\C)CP(=O)(O)OC)c(O)c3c2COC3=O)c2c(c(C)c1C(C)C/C(=C\Cc1c(O)c3c(c(C)c1CC)COC3=O)CNCCP(=O)(O)O)COC2=O)CP(=O)(O)O. The molecule has 3 aliphatic heterocycles. The number of allylic oxidation sites excluding steroid dienone is 5. The van der Waals surface area contributed by atoms with Crippen molar-refractivity contribution in [2.75, 3.05) is 38.7 Å². The number of rotatable bonds is 25. The zero-order valence-corrected chi connectivity index (χ0v) is 45.8. The summed E-state index contributed by atoms with van der Waals surface area (Å²) in [6.07, 6.45) is 5.87. The molecule has 0 bridgehead atoms. The number of cyclic esters (lactones) is 3. The third-order valence-corrected chi connectivity index (χ3v) is 17.2. The predicted octanol–water partition coefficient (Wildman–Crippen LogP) is 8.24. The third kappa shape index (κ3) is 13.2. The van der Waals surface area contributed by atoms with E-state index in [1.54, 1.807) is 26.0 Å². The van der Waals surface area contributed by atoms with Crippen molar-refractivity contribution in [2.45, 2.75) is 126 Å². The number of carbonyl (C=O) groups is 3. The van der Waals surface area contributed by atoms with Gasteiger partial charge in [0, 0.05) is 59.1 Å². The maximum Gasteiger partial charge on any atom is 0.342 e. The molecule has 0 fully saturated rings. The van der Waals surface area contributed by atoms with E-state index >= 15 is 0 Å². The van der Waals surface area contributed by atoms with Crippen LogP contribution >= 0.6 is 22.8 Å². The number of fused-ring (bicyclic) bond motifs is 3. The van der Waals surface area contributed by atoms with Crippen molar-refractivity contribution in [3.05, 3.63) is 118 Å². The minimum absolute atomic E-state index is 0.0243. The smallest absolute Gasteiger partial charge is 0.342 e. The van der Waals surface area contributed by atoms with Crippen LogP contribution in [0.15, 0.2) is 34.9 Å². The molecular formula is C52H68NO18P3. The molecule has 0 aromatic heterocycles. The number of hydrogen-bond acceptors (Lipinski definition) is 14. The number of nitrogens with one attached hydrogen (secondary N) is 1. The number of benzene rings is 3. The molecule has 3 aromatic carbocycles. The minimum Gasteiger partial charge on any atom is -0.507 e. The van der Waals surface area contributed by atoms with E-state index in [1.165, 1.54) is 0 Å². The lowest BCUT2D eigenvalue weighted by Gasteiger charge is -2.26. The molecule has 0 amide bonds. The summed E-state index contributed by atoms with van der Waals surface area (Å²) < 4.78 is 64.6. The summed E-state index contributed by atoms with van der Waals surface area (Å²) in [4.78, 5) is 89.5. The Hall–Kier alpha value is -4.90. The molecule has 74 heavy (non-hydrogen) atoms. The summed E-state index contributed by atoms with van der Waals surface area (Å²) in [7, 11) is -11.7. The Morgan fingerprint density at radius 3 is 1.77 bits per heavy atom. The molecule has 2 unspecified atom stereocenters. The number of esters is 3. The highest BCUT2D eigenvalue weighted by Gasteiger charge is 2.37. The fourth-order valence-electron chi connectivity index (χ4n) is 10.5. The third-order valence-electron chi connectivity index (χ3n) is 14.2. The first-order valence-electron chi connectivity index (χ1n) is 24.5. The fraction of sp³-hybridized carbons (Fsp3) is 0.481. The van der Waals surface area contributed by atoms with Gasteiger partial charge in [0.15, 0.2) is 0 Å². The lowest BCUT2D eigenvalue weighted by atomic mass is 9.81. The van der Waals surface area contributed by atoms with E-state index < -0.39 is 58.9 Å². The van der Waals surface area contributed by atoms with E-state index in [1.807, 2.05) is 40.7 Å². The van der Waals surface area contributed by atoms with E-state index in [-0.39, 0.29) is 98.9 Å². The second-order valence-electron chi connectivity index (χ2n) is 19.1. The molecule has 3 aliphatic rings. The Morgan fingerprint density at radius 1 is 0.676 bits per heavy atom. The first-order valence-corrected chi connectivity index (χ1v) is 29.9. The summed E-state index contributed by atoms with van der Waals surface area (Å²) >= 11 is 0. The van der Waals surface area contributed by atoms with Crippen LogP contribution in [-0.4, -0.2) is 91.3 Å². The lowest BCUT2D eigenvalue weighted by molar-refractivity contribution is 0.0521. The summed E-state index contributed by atoms with van der Waals surface area (Å²) in [5.41, 5.74) is 9.24. The summed E-state index contributed by atoms with van der Waals surface area (Å²) in [6, 6.07) is 0. The molecule has 0 saturated heterocycles. The quantitative estimate of drug-likeness (QED) is 0.0130. The monoisotopic (exact) mass is 1090 g/mol. The van der Waals surface area contributed by atoms with Crippen molar-refractivity contribution in [1.82, 2.24) is 5.32 Å². The molecule has 404 valence electrons. The normalized spacial score (nSPS) is 16.2. The largest absolute Gasteiger partial charge is 0.507 e. The lowest BCUT2D eigenvalue weighted by Crippen LogP contribution is -2.22. The number of ether oxygens (including phenoxy) is 4. The molecule has 3 heterocycles. The Bertz CT molecular complexity index is 2980. The number of phenols is 2. The maximum atomic E-state index is 13.9. The van der Waals surface area contributed by atoms with Gasteiger partial charge in [-0.15, -0.1) is 0 Å². The Kier molecular flexibility index (Phi) is 18.9. The highest BCUT2D eigenvalue weighted by molar-refractivity contribution is 7.53. The van der Waals surface area contributed by atoms with Crippen molar-refractivity contribution in [2.24, 2.45) is 0 Å². The zero-order chi connectivity index (χ0) is 54.6. The Labute approximate surface area is 430 Å². The first-order chi connectivity index (χ1) is 34.8. The van der Waals surface area contributed by atoms with Gasteiger partial charge in [-0.2, -0.15) is 0 Å². The van der Waals surface area contributed by atoms with Crippen molar-refractivity contribution in [1.29, 1.82) is 0 Å². The fourth-order valence-corrected chi connectivity index (χ4v) is 12.7. The van der Waals surface area contributed by atoms with Gasteiger partial charge in [0.2, 0.25) is 0 Å². The van der Waals surface area contributed by atoms with Crippen LogP contribution in [0.5, 0.6) is 17.2 Å². The van der Waals surface area contributed by atoms with Gasteiger partial charge in [-0.25, -0.2) is 14.4 Å². The van der Waals surface area contributed by atoms with E-state index in [9.17, 15) is 62.8 Å². The standard InChI is InChI=1S/C52H68NO18P3/c1-9-32(27-73(62,63)64)13-17-38-43(29(5)20-33(21-53-18-19-72(59,60)61)14-16-36-34(10-2)30(6)39-22-69-50(56)44(39)47(36)54)31(7)40-23-70-52(58)46(40)49(38)68-24-41-35(11-3)37(15-12-28(4)26-74(65,66)67-8)48(55)45-42(41)25-71-51(45)57/h12-14,29,53-55H,9-11,15-27H2,1-8H3,(H,65,66)(H2,59,60,61)(H2,62,63,64)/b28-12+,32-13+,33-14+. The maximum absolute atomic E-state index is 13.9. The molecule has 3 aromatic rings. The van der Waals surface area contributed by atoms with E-state index in [0.717, 1.165) is 29.4 Å². The van der Waals surface area contributed by atoms with Gasteiger partial charge in [-0.3, -0.25) is 13.7 Å². The van der Waals surface area contributed by atoms with E-state index in [0.29, 0.717) is 86.9 Å². The van der Waals surface area contributed by atoms with Crippen LogP contribution in [0.4, 0.5) is 0 Å². The average Bonchev–Trinajstić information content (AvgIpc) is 4.04. The van der Waals surface area contributed by atoms with Gasteiger partial charge < -0.3 is 63.5 Å². The first kappa shape index (κ1) is 58.4. The second kappa shape index (κ2) is 24.0. The number of carbonyl (C=O) groups excluding carboxylic acids is 3. The molecule has 0 radical (unpaired) electrons. The Balaban J connectivity index is 1.51. The van der Waals surface area contributed by atoms with Crippen molar-refractivity contribution >= 4 is 40.7 Å². The summed E-state index contributed by atoms with van der Waals surface area (Å²) in [6.45, 7) is 12.6. The molecular weight excluding hydrogens is 1020 g/mol. The molecule has 0 saturated carbocycles. The number of phenolic OH excluding ortho intramolecular Hbond substituents is 2. The van der Waals surface area contributed by atoms with Crippen molar-refractivity contribution in [3.63, 3.8) is 0 Å². The van der Waals surface area contributed by atoms with Crippen molar-refractivity contribution < 1.29 is 86.2 Å². The highest BCUT2D eigenvalue weighted by Crippen LogP contribution is 2.47. The zero-order valence-electron chi connectivity index (χ0n) is 43.1. The average molecular weight is 1090 g/mol. The molecule has 0 spiro atoms. The van der Waals surface area contributed by atoms with Crippen LogP contribution < -0.4 is 10.1 Å². The highest BCUT2D eigenvalue weighted by atomic mass is 31.2. The van der Waals surface area contributed by atoms with Gasteiger partial charge in [0.05, 0.1) is 18.5 Å². The Morgan fingerprint density at radius 2 is 1.20 bits per heavy atom. The van der Waals surface area contributed by atoms with Crippen molar-refractivity contribution in [3.8, 4) is 17.2 Å². The topological polar surface area (TPSA) is 302 Å². The van der Waals surface area contributed by atoms with Gasteiger partial charge in [0.1, 0.15) is 60.4 Å². The van der Waals surface area contributed by atoms with E-state index in [4.69, 9.17) is 23.5 Å².